The number of halogens is 1. The van der Waals surface area contributed by atoms with E-state index in [2.05, 4.69) is 39.5 Å². The zero-order valence-electron chi connectivity index (χ0n) is 17.7. The molecule has 166 valence electrons. The number of ether oxygens (including phenoxy) is 2. The van der Waals surface area contributed by atoms with E-state index in [4.69, 9.17) is 9.47 Å². The molecule has 7 nitrogen and oxygen atoms in total. The predicted molar refractivity (Wildman–Crippen MR) is 127 cm³/mol. The van der Waals surface area contributed by atoms with Crippen LogP contribution in [-0.4, -0.2) is 73.8 Å². The van der Waals surface area contributed by atoms with Crippen LogP contribution in [0.25, 0.3) is 0 Å². The summed E-state index contributed by atoms with van der Waals surface area (Å²) in [4.78, 5) is 20.5. The van der Waals surface area contributed by atoms with Crippen LogP contribution in [-0.2, 0) is 27.4 Å². The van der Waals surface area contributed by atoms with Gasteiger partial charge in [-0.2, -0.15) is 0 Å². The zero-order chi connectivity index (χ0) is 20.1. The Hall–Kier alpha value is -1.39. The second-order valence-corrected chi connectivity index (χ2v) is 8.04. The van der Waals surface area contributed by atoms with Crippen molar-refractivity contribution in [1.29, 1.82) is 0 Å². The van der Waals surface area contributed by atoms with Gasteiger partial charge in [0.25, 0.3) is 0 Å². The van der Waals surface area contributed by atoms with E-state index >= 15 is 0 Å². The summed E-state index contributed by atoms with van der Waals surface area (Å²) in [7, 11) is 1.83. The fourth-order valence-corrected chi connectivity index (χ4v) is 4.36. The summed E-state index contributed by atoms with van der Waals surface area (Å²) in [6, 6.07) is 8.50. The molecule has 0 aromatic heterocycles. The minimum atomic E-state index is 0. The summed E-state index contributed by atoms with van der Waals surface area (Å²) >= 11 is 0. The van der Waals surface area contributed by atoms with E-state index in [0.29, 0.717) is 19.6 Å². The fraction of sp³-hybridized carbons (Fsp3) is 0.636. The van der Waals surface area contributed by atoms with Crippen molar-refractivity contribution in [3.05, 3.63) is 35.4 Å². The Kier molecular flexibility index (Phi) is 8.76. The summed E-state index contributed by atoms with van der Waals surface area (Å²) in [6.07, 6.45) is 4.22. The first-order valence-corrected chi connectivity index (χ1v) is 10.8. The van der Waals surface area contributed by atoms with Gasteiger partial charge in [0, 0.05) is 52.8 Å². The lowest BCUT2D eigenvalue weighted by molar-refractivity contribution is -0.128. The number of likely N-dealkylation sites (tertiary alicyclic amines) is 1. The third-order valence-electron chi connectivity index (χ3n) is 6.00. The average molecular weight is 528 g/mol. The smallest absolute Gasteiger partial charge is 0.222 e. The number of rotatable bonds is 5. The number of morpholine rings is 1. The highest BCUT2D eigenvalue weighted by atomic mass is 127. The molecule has 3 heterocycles. The molecule has 8 heteroatoms. The van der Waals surface area contributed by atoms with Gasteiger partial charge in [0.1, 0.15) is 6.10 Å². The van der Waals surface area contributed by atoms with Crippen LogP contribution >= 0.6 is 24.0 Å². The Labute approximate surface area is 196 Å². The van der Waals surface area contributed by atoms with E-state index in [1.54, 1.807) is 0 Å². The van der Waals surface area contributed by atoms with Crippen molar-refractivity contribution in [3.8, 4) is 0 Å². The standard InChI is InChI=1S/C22H32N4O3.HI/c1-23-22(26-11-13-29-20(16-26)19-4-3-12-28-19)24-14-17-6-8-18(9-7-17)15-25-10-2-5-21(25)27;/h6-9,19-20H,2-5,10-16H2,1H3,(H,23,24);1H. The first-order valence-electron chi connectivity index (χ1n) is 10.8. The Morgan fingerprint density at radius 1 is 1.10 bits per heavy atom. The van der Waals surface area contributed by atoms with Gasteiger partial charge in [-0.1, -0.05) is 24.3 Å². The molecule has 3 fully saturated rings. The molecule has 1 aromatic carbocycles. The molecular weight excluding hydrogens is 495 g/mol. The number of amides is 1. The van der Waals surface area contributed by atoms with Crippen molar-refractivity contribution in [2.24, 2.45) is 4.99 Å². The van der Waals surface area contributed by atoms with Gasteiger partial charge in [-0.05, 0) is 30.4 Å². The molecule has 30 heavy (non-hydrogen) atoms. The number of carbonyl (C=O) groups is 1. The van der Waals surface area contributed by atoms with Crippen molar-refractivity contribution in [2.75, 3.05) is 39.9 Å². The predicted octanol–water partition coefficient (Wildman–Crippen LogP) is 2.38. The molecule has 3 aliphatic rings. The SMILES string of the molecule is CN=C(NCc1ccc(CN2CCCC2=O)cc1)N1CCOC(C2CCCO2)C1.I. The molecule has 2 atom stereocenters. The summed E-state index contributed by atoms with van der Waals surface area (Å²) in [6.45, 7) is 5.52. The lowest BCUT2D eigenvalue weighted by Gasteiger charge is -2.37. The van der Waals surface area contributed by atoms with E-state index < -0.39 is 0 Å². The van der Waals surface area contributed by atoms with Crippen LogP contribution < -0.4 is 5.32 Å². The molecular formula is C22H33IN4O3. The van der Waals surface area contributed by atoms with Gasteiger partial charge in [0.05, 0.1) is 12.7 Å². The Bertz CT molecular complexity index is 722. The molecule has 0 spiro atoms. The highest BCUT2D eigenvalue weighted by Crippen LogP contribution is 2.21. The van der Waals surface area contributed by atoms with Crippen molar-refractivity contribution >= 4 is 35.8 Å². The molecule has 2 unspecified atom stereocenters. The van der Waals surface area contributed by atoms with Crippen LogP contribution in [0.3, 0.4) is 0 Å². The third-order valence-corrected chi connectivity index (χ3v) is 6.00. The van der Waals surface area contributed by atoms with Crippen LogP contribution in [0.1, 0.15) is 36.8 Å². The fourth-order valence-electron chi connectivity index (χ4n) is 4.36. The molecule has 0 bridgehead atoms. The second-order valence-electron chi connectivity index (χ2n) is 8.04. The van der Waals surface area contributed by atoms with E-state index in [-0.39, 0.29) is 42.1 Å². The minimum Gasteiger partial charge on any atom is -0.375 e. The maximum atomic E-state index is 11.8. The number of hydrogen-bond acceptors (Lipinski definition) is 4. The first kappa shape index (κ1) is 23.3. The summed E-state index contributed by atoms with van der Waals surface area (Å²) in [5.74, 6) is 1.18. The number of nitrogens with zero attached hydrogens (tertiary/aromatic N) is 3. The van der Waals surface area contributed by atoms with Crippen LogP contribution in [0.4, 0.5) is 0 Å². The molecule has 0 aliphatic carbocycles. The number of guanidine groups is 1. The van der Waals surface area contributed by atoms with Gasteiger partial charge in [-0.25, -0.2) is 0 Å². The molecule has 0 radical (unpaired) electrons. The van der Waals surface area contributed by atoms with E-state index in [9.17, 15) is 4.79 Å². The first-order chi connectivity index (χ1) is 14.2. The van der Waals surface area contributed by atoms with Crippen LogP contribution in [0, 0.1) is 0 Å². The molecule has 1 N–H and O–H groups in total. The van der Waals surface area contributed by atoms with E-state index in [1.165, 1.54) is 11.1 Å². The van der Waals surface area contributed by atoms with Gasteiger partial charge < -0.3 is 24.6 Å². The molecule has 3 aliphatic heterocycles. The van der Waals surface area contributed by atoms with Crippen molar-refractivity contribution < 1.29 is 14.3 Å². The molecule has 4 rings (SSSR count). The van der Waals surface area contributed by atoms with Gasteiger partial charge >= 0.3 is 0 Å². The lowest BCUT2D eigenvalue weighted by atomic mass is 10.1. The van der Waals surface area contributed by atoms with Gasteiger partial charge in [-0.3, -0.25) is 9.79 Å². The van der Waals surface area contributed by atoms with Gasteiger partial charge in [-0.15, -0.1) is 24.0 Å². The third kappa shape index (κ3) is 5.85. The van der Waals surface area contributed by atoms with Crippen molar-refractivity contribution in [2.45, 2.75) is 51.0 Å². The normalized spacial score (nSPS) is 24.8. The Morgan fingerprint density at radius 3 is 2.53 bits per heavy atom. The quantitative estimate of drug-likeness (QED) is 0.361. The maximum Gasteiger partial charge on any atom is 0.222 e. The van der Waals surface area contributed by atoms with Crippen molar-refractivity contribution in [1.82, 2.24) is 15.1 Å². The monoisotopic (exact) mass is 528 g/mol. The lowest BCUT2D eigenvalue weighted by Crippen LogP contribution is -2.53. The summed E-state index contributed by atoms with van der Waals surface area (Å²) in [5, 5.41) is 3.48. The van der Waals surface area contributed by atoms with E-state index in [1.807, 2.05) is 11.9 Å². The molecule has 3 saturated heterocycles. The zero-order valence-corrected chi connectivity index (χ0v) is 20.0. The maximum absolute atomic E-state index is 11.8. The van der Waals surface area contributed by atoms with Crippen LogP contribution in [0.5, 0.6) is 0 Å². The van der Waals surface area contributed by atoms with Crippen LogP contribution in [0.2, 0.25) is 0 Å². The molecule has 0 saturated carbocycles. The number of aliphatic imine (C=N–C) groups is 1. The Morgan fingerprint density at radius 2 is 1.87 bits per heavy atom. The minimum absolute atomic E-state index is 0. The average Bonchev–Trinajstić information content (AvgIpc) is 3.42. The highest BCUT2D eigenvalue weighted by molar-refractivity contribution is 14.0. The number of nitrogens with one attached hydrogen (secondary N) is 1. The highest BCUT2D eigenvalue weighted by Gasteiger charge is 2.32. The van der Waals surface area contributed by atoms with Crippen LogP contribution in [0.15, 0.2) is 29.3 Å². The van der Waals surface area contributed by atoms with Gasteiger partial charge in [0.15, 0.2) is 5.96 Å². The number of benzene rings is 1. The number of carbonyl (C=O) groups excluding carboxylic acids is 1. The second kappa shape index (κ2) is 11.3. The van der Waals surface area contributed by atoms with Crippen molar-refractivity contribution in [3.63, 3.8) is 0 Å². The van der Waals surface area contributed by atoms with Gasteiger partial charge in [0.2, 0.25) is 5.91 Å². The topological polar surface area (TPSA) is 66.4 Å². The van der Waals surface area contributed by atoms with E-state index in [0.717, 1.165) is 58.0 Å². The molecule has 1 aromatic rings. The number of hydrogen-bond donors (Lipinski definition) is 1. The summed E-state index contributed by atoms with van der Waals surface area (Å²) in [5.41, 5.74) is 2.38. The Balaban J connectivity index is 0.00000256. The largest absolute Gasteiger partial charge is 0.375 e. The molecule has 1 amide bonds. The summed E-state index contributed by atoms with van der Waals surface area (Å²) < 4.78 is 11.8.